The lowest BCUT2D eigenvalue weighted by Crippen LogP contribution is -2.42. The van der Waals surface area contributed by atoms with Crippen molar-refractivity contribution >= 4 is 11.3 Å². The van der Waals surface area contributed by atoms with Crippen LogP contribution >= 0.6 is 0 Å². The molecule has 0 radical (unpaired) electrons. The van der Waals surface area contributed by atoms with Gasteiger partial charge >= 0.3 is 0 Å². The van der Waals surface area contributed by atoms with E-state index in [0.29, 0.717) is 24.3 Å². The van der Waals surface area contributed by atoms with Crippen molar-refractivity contribution in [3.05, 3.63) is 60.0 Å². The molecule has 1 saturated heterocycles. The first-order chi connectivity index (χ1) is 13.4. The quantitative estimate of drug-likeness (QED) is 0.749. The Morgan fingerprint density at radius 2 is 1.79 bits per heavy atom. The number of nitrogens with zero attached hydrogens (tertiary/aromatic N) is 4. The van der Waals surface area contributed by atoms with Crippen LogP contribution in [0.4, 0.5) is 14.5 Å². The molecule has 1 aliphatic carbocycles. The average molecular weight is 384 g/mol. The molecule has 5 rings (SSSR count). The molecule has 7 heteroatoms. The van der Waals surface area contributed by atoms with Crippen molar-refractivity contribution < 1.29 is 13.9 Å². The van der Waals surface area contributed by atoms with E-state index >= 15 is 0 Å². The second-order valence-electron chi connectivity index (χ2n) is 7.98. The van der Waals surface area contributed by atoms with Crippen LogP contribution in [-0.2, 0) is 12.0 Å². The first-order valence-corrected chi connectivity index (χ1v) is 9.69. The van der Waals surface area contributed by atoms with Gasteiger partial charge in [0, 0.05) is 49.8 Å². The minimum Gasteiger partial charge on any atom is -0.385 e. The summed E-state index contributed by atoms with van der Waals surface area (Å²) in [6.07, 6.45) is 3.35. The summed E-state index contributed by atoms with van der Waals surface area (Å²) >= 11 is 0. The van der Waals surface area contributed by atoms with Crippen molar-refractivity contribution in [2.75, 3.05) is 18.0 Å². The van der Waals surface area contributed by atoms with Crippen LogP contribution in [0.3, 0.4) is 0 Å². The summed E-state index contributed by atoms with van der Waals surface area (Å²) in [5.41, 5.74) is 1.85. The molecule has 146 valence electrons. The van der Waals surface area contributed by atoms with Crippen LogP contribution in [0, 0.1) is 5.92 Å². The molecule has 2 aliphatic rings. The van der Waals surface area contributed by atoms with Crippen molar-refractivity contribution in [1.82, 2.24) is 14.6 Å². The Labute approximate surface area is 161 Å². The van der Waals surface area contributed by atoms with E-state index in [-0.39, 0.29) is 12.8 Å². The molecule has 1 aliphatic heterocycles. The Balaban J connectivity index is 1.31. The molecule has 0 amide bonds. The van der Waals surface area contributed by atoms with Gasteiger partial charge in [-0.25, -0.2) is 8.78 Å². The van der Waals surface area contributed by atoms with Gasteiger partial charge in [0.15, 0.2) is 5.65 Å². The lowest BCUT2D eigenvalue weighted by atomic mass is 9.84. The smallest absolute Gasteiger partial charge is 0.252 e. The summed E-state index contributed by atoms with van der Waals surface area (Å²) in [5, 5.41) is 19.3. The van der Waals surface area contributed by atoms with E-state index in [1.165, 1.54) is 0 Å². The van der Waals surface area contributed by atoms with E-state index in [1.807, 2.05) is 48.7 Å². The standard InChI is InChI=1S/C21H22F2N4O/c22-21(23)14-16(21)12-18-24-25-19-13-17(6-9-27(18)19)26-10-7-20(28,8-11-26)15-4-2-1-3-5-15/h1-6,9,13,16,28H,7-8,10-12,14H2. The average Bonchev–Trinajstić information content (AvgIpc) is 3.12. The fourth-order valence-electron chi connectivity index (χ4n) is 4.15. The number of aliphatic hydroxyl groups is 1. The molecule has 1 aromatic carbocycles. The Morgan fingerprint density at radius 1 is 1.07 bits per heavy atom. The summed E-state index contributed by atoms with van der Waals surface area (Å²) in [6, 6.07) is 13.7. The number of piperidine rings is 1. The third-order valence-electron chi connectivity index (χ3n) is 6.12. The maximum Gasteiger partial charge on any atom is 0.252 e. The molecule has 1 saturated carbocycles. The zero-order valence-electron chi connectivity index (χ0n) is 15.4. The minimum atomic E-state index is -2.55. The molecule has 0 spiro atoms. The maximum absolute atomic E-state index is 13.2. The minimum absolute atomic E-state index is 0.0574. The topological polar surface area (TPSA) is 53.7 Å². The number of anilines is 1. The van der Waals surface area contributed by atoms with E-state index in [2.05, 4.69) is 15.1 Å². The highest BCUT2D eigenvalue weighted by Gasteiger charge is 2.56. The highest BCUT2D eigenvalue weighted by atomic mass is 19.3. The van der Waals surface area contributed by atoms with Gasteiger partial charge in [-0.05, 0) is 24.5 Å². The molecule has 1 unspecified atom stereocenters. The third kappa shape index (κ3) is 3.03. The molecule has 1 atom stereocenters. The van der Waals surface area contributed by atoms with Gasteiger partial charge < -0.3 is 10.0 Å². The van der Waals surface area contributed by atoms with Gasteiger partial charge in [-0.3, -0.25) is 4.40 Å². The van der Waals surface area contributed by atoms with Gasteiger partial charge in [0.1, 0.15) is 5.82 Å². The summed E-state index contributed by atoms with van der Waals surface area (Å²) in [6.45, 7) is 1.47. The molecular weight excluding hydrogens is 362 g/mol. The number of hydrogen-bond acceptors (Lipinski definition) is 4. The van der Waals surface area contributed by atoms with Gasteiger partial charge in [0.2, 0.25) is 0 Å². The number of halogens is 2. The number of aromatic nitrogens is 3. The van der Waals surface area contributed by atoms with Crippen molar-refractivity contribution in [3.8, 4) is 0 Å². The number of pyridine rings is 1. The lowest BCUT2D eigenvalue weighted by molar-refractivity contribution is 0.0118. The summed E-state index contributed by atoms with van der Waals surface area (Å²) in [5.74, 6) is -2.58. The molecule has 1 N–H and O–H groups in total. The highest BCUT2D eigenvalue weighted by molar-refractivity contribution is 5.56. The maximum atomic E-state index is 13.2. The molecule has 28 heavy (non-hydrogen) atoms. The van der Waals surface area contributed by atoms with Crippen LogP contribution < -0.4 is 4.90 Å². The van der Waals surface area contributed by atoms with E-state index in [4.69, 9.17) is 0 Å². The Morgan fingerprint density at radius 3 is 2.46 bits per heavy atom. The van der Waals surface area contributed by atoms with Crippen LogP contribution in [0.15, 0.2) is 48.7 Å². The number of fused-ring (bicyclic) bond motifs is 1. The second-order valence-corrected chi connectivity index (χ2v) is 7.98. The molecule has 0 bridgehead atoms. The van der Waals surface area contributed by atoms with Gasteiger partial charge in [-0.2, -0.15) is 0 Å². The van der Waals surface area contributed by atoms with Crippen molar-refractivity contribution in [2.45, 2.75) is 37.2 Å². The van der Waals surface area contributed by atoms with Crippen molar-refractivity contribution in [3.63, 3.8) is 0 Å². The second kappa shape index (κ2) is 6.24. The lowest BCUT2D eigenvalue weighted by Gasteiger charge is -2.39. The molecule has 2 aromatic heterocycles. The van der Waals surface area contributed by atoms with Crippen LogP contribution in [0.1, 0.15) is 30.7 Å². The molecule has 3 aromatic rings. The summed E-state index contributed by atoms with van der Waals surface area (Å²) < 4.78 is 28.2. The SMILES string of the molecule is OC1(c2ccccc2)CCN(c2ccn3c(CC4CC4(F)F)nnc3c2)CC1. The number of alkyl halides is 2. The third-order valence-corrected chi connectivity index (χ3v) is 6.12. The Bertz CT molecular complexity index is 996. The number of hydrogen-bond donors (Lipinski definition) is 1. The summed E-state index contributed by atoms with van der Waals surface area (Å²) in [7, 11) is 0. The monoisotopic (exact) mass is 384 g/mol. The fraction of sp³-hybridized carbons (Fsp3) is 0.429. The van der Waals surface area contributed by atoms with E-state index in [1.54, 1.807) is 4.40 Å². The number of benzene rings is 1. The zero-order chi connectivity index (χ0) is 19.4. The predicted molar refractivity (Wildman–Crippen MR) is 102 cm³/mol. The van der Waals surface area contributed by atoms with Crippen molar-refractivity contribution in [2.24, 2.45) is 5.92 Å². The Hall–Kier alpha value is -2.54. The first-order valence-electron chi connectivity index (χ1n) is 9.69. The van der Waals surface area contributed by atoms with Crippen LogP contribution in [0.5, 0.6) is 0 Å². The van der Waals surface area contributed by atoms with Gasteiger partial charge in [-0.1, -0.05) is 30.3 Å². The van der Waals surface area contributed by atoms with E-state index in [9.17, 15) is 13.9 Å². The normalized spacial score (nSPS) is 23.1. The van der Waals surface area contributed by atoms with Gasteiger partial charge in [0.25, 0.3) is 5.92 Å². The van der Waals surface area contributed by atoms with E-state index in [0.717, 1.165) is 24.3 Å². The highest BCUT2D eigenvalue weighted by Crippen LogP contribution is 2.50. The zero-order valence-corrected chi connectivity index (χ0v) is 15.4. The van der Waals surface area contributed by atoms with Crippen LogP contribution in [0.2, 0.25) is 0 Å². The fourth-order valence-corrected chi connectivity index (χ4v) is 4.15. The van der Waals surface area contributed by atoms with Gasteiger partial charge in [0.05, 0.1) is 5.60 Å². The Kier molecular flexibility index (Phi) is 3.91. The van der Waals surface area contributed by atoms with Crippen LogP contribution in [-0.4, -0.2) is 38.7 Å². The summed E-state index contributed by atoms with van der Waals surface area (Å²) in [4.78, 5) is 2.22. The number of rotatable bonds is 4. The largest absolute Gasteiger partial charge is 0.385 e. The molecule has 3 heterocycles. The van der Waals surface area contributed by atoms with Gasteiger partial charge in [-0.15, -0.1) is 10.2 Å². The van der Waals surface area contributed by atoms with E-state index < -0.39 is 17.4 Å². The molecule has 5 nitrogen and oxygen atoms in total. The molecular formula is C21H22F2N4O. The van der Waals surface area contributed by atoms with Crippen molar-refractivity contribution in [1.29, 1.82) is 0 Å². The predicted octanol–water partition coefficient (Wildman–Crippen LogP) is 3.42. The molecule has 2 fully saturated rings. The first kappa shape index (κ1) is 17.6. The van der Waals surface area contributed by atoms with Crippen LogP contribution in [0.25, 0.3) is 5.65 Å².